The van der Waals surface area contributed by atoms with Crippen molar-refractivity contribution in [2.24, 2.45) is 0 Å². The molecule has 2 aliphatic heterocycles. The minimum absolute atomic E-state index is 0.168. The van der Waals surface area contributed by atoms with Gasteiger partial charge in [-0.25, -0.2) is 0 Å². The Labute approximate surface area is 133 Å². The SMILES string of the molecule is CCNC1CC2CCC(C1)N2c1cc([N+](=O)[O-])ccc1Br. The highest BCUT2D eigenvalue weighted by molar-refractivity contribution is 9.10. The first-order valence-electron chi connectivity index (χ1n) is 7.55. The van der Waals surface area contributed by atoms with E-state index in [2.05, 4.69) is 33.1 Å². The van der Waals surface area contributed by atoms with Gasteiger partial charge in [0.25, 0.3) is 5.69 Å². The maximum absolute atomic E-state index is 11.0. The van der Waals surface area contributed by atoms with Gasteiger partial charge in [-0.15, -0.1) is 0 Å². The Morgan fingerprint density at radius 2 is 2.05 bits per heavy atom. The number of piperidine rings is 1. The molecule has 0 radical (unpaired) electrons. The fourth-order valence-electron chi connectivity index (χ4n) is 3.84. The van der Waals surface area contributed by atoms with Gasteiger partial charge in [-0.1, -0.05) is 6.92 Å². The molecule has 0 spiro atoms. The minimum atomic E-state index is -0.316. The van der Waals surface area contributed by atoms with Crippen LogP contribution in [-0.2, 0) is 0 Å². The zero-order valence-electron chi connectivity index (χ0n) is 12.1. The van der Waals surface area contributed by atoms with Crippen molar-refractivity contribution in [1.29, 1.82) is 0 Å². The molecule has 2 aliphatic rings. The summed E-state index contributed by atoms with van der Waals surface area (Å²) < 4.78 is 0.951. The molecule has 0 aliphatic carbocycles. The number of anilines is 1. The van der Waals surface area contributed by atoms with Crippen molar-refractivity contribution >= 4 is 27.3 Å². The fraction of sp³-hybridized carbons (Fsp3) is 0.600. The van der Waals surface area contributed by atoms with Crippen LogP contribution >= 0.6 is 15.9 Å². The van der Waals surface area contributed by atoms with Crippen molar-refractivity contribution in [2.45, 2.75) is 50.7 Å². The number of nitro groups is 1. The highest BCUT2D eigenvalue weighted by atomic mass is 79.9. The zero-order valence-corrected chi connectivity index (χ0v) is 13.7. The molecule has 2 heterocycles. The Kier molecular flexibility index (Phi) is 4.17. The Bertz CT molecular complexity index is 538. The second kappa shape index (κ2) is 5.93. The Balaban J connectivity index is 1.88. The van der Waals surface area contributed by atoms with Crippen LogP contribution < -0.4 is 10.2 Å². The first-order valence-corrected chi connectivity index (χ1v) is 8.35. The van der Waals surface area contributed by atoms with E-state index >= 15 is 0 Å². The van der Waals surface area contributed by atoms with Crippen LogP contribution in [0.5, 0.6) is 0 Å². The molecule has 0 saturated carbocycles. The molecule has 2 saturated heterocycles. The van der Waals surface area contributed by atoms with Crippen LogP contribution in [0.3, 0.4) is 0 Å². The van der Waals surface area contributed by atoms with E-state index in [0.29, 0.717) is 18.1 Å². The number of halogens is 1. The van der Waals surface area contributed by atoms with Crippen LogP contribution in [0.2, 0.25) is 0 Å². The summed E-state index contributed by atoms with van der Waals surface area (Å²) in [6.45, 7) is 3.15. The highest BCUT2D eigenvalue weighted by Gasteiger charge is 2.41. The molecule has 2 atom stereocenters. The monoisotopic (exact) mass is 353 g/mol. The van der Waals surface area contributed by atoms with Crippen molar-refractivity contribution in [2.75, 3.05) is 11.4 Å². The quantitative estimate of drug-likeness (QED) is 0.665. The molecule has 0 amide bonds. The second-order valence-electron chi connectivity index (χ2n) is 5.91. The first-order chi connectivity index (χ1) is 10.1. The molecule has 1 aromatic rings. The molecule has 2 fully saturated rings. The van der Waals surface area contributed by atoms with E-state index in [1.165, 1.54) is 12.8 Å². The zero-order chi connectivity index (χ0) is 15.0. The molecule has 0 aromatic heterocycles. The van der Waals surface area contributed by atoms with Gasteiger partial charge in [0.1, 0.15) is 0 Å². The Hall–Kier alpha value is -1.14. The van der Waals surface area contributed by atoms with Gasteiger partial charge >= 0.3 is 0 Å². The number of benzene rings is 1. The molecule has 3 rings (SSSR count). The Morgan fingerprint density at radius 3 is 2.62 bits per heavy atom. The maximum Gasteiger partial charge on any atom is 0.271 e. The van der Waals surface area contributed by atoms with Gasteiger partial charge in [0.15, 0.2) is 0 Å². The molecular weight excluding hydrogens is 334 g/mol. The lowest BCUT2D eigenvalue weighted by Crippen LogP contribution is -2.49. The van der Waals surface area contributed by atoms with Crippen LogP contribution in [0.25, 0.3) is 0 Å². The van der Waals surface area contributed by atoms with Crippen molar-refractivity contribution < 1.29 is 4.92 Å². The predicted octanol–water partition coefficient (Wildman–Crippen LogP) is 3.47. The number of hydrogen-bond donors (Lipinski definition) is 1. The van der Waals surface area contributed by atoms with Gasteiger partial charge in [-0.3, -0.25) is 10.1 Å². The van der Waals surface area contributed by atoms with Gasteiger partial charge < -0.3 is 10.2 Å². The third-order valence-corrected chi connectivity index (χ3v) is 5.32. The van der Waals surface area contributed by atoms with Crippen LogP contribution in [0.15, 0.2) is 22.7 Å². The number of hydrogen-bond acceptors (Lipinski definition) is 4. The van der Waals surface area contributed by atoms with E-state index in [-0.39, 0.29) is 10.6 Å². The summed E-state index contributed by atoms with van der Waals surface area (Å²) in [4.78, 5) is 13.1. The first kappa shape index (κ1) is 14.8. The van der Waals surface area contributed by atoms with Crippen molar-refractivity contribution in [3.8, 4) is 0 Å². The van der Waals surface area contributed by atoms with Crippen LogP contribution in [0.1, 0.15) is 32.6 Å². The molecule has 2 bridgehead atoms. The number of nitrogens with zero attached hydrogens (tertiary/aromatic N) is 2. The lowest BCUT2D eigenvalue weighted by Gasteiger charge is -2.41. The number of non-ortho nitro benzene ring substituents is 1. The molecule has 1 N–H and O–H groups in total. The molecular formula is C15H20BrN3O2. The molecule has 114 valence electrons. The topological polar surface area (TPSA) is 58.4 Å². The fourth-order valence-corrected chi connectivity index (χ4v) is 4.29. The summed E-state index contributed by atoms with van der Waals surface area (Å²) in [5, 5.41) is 14.6. The second-order valence-corrected chi connectivity index (χ2v) is 6.77. The summed E-state index contributed by atoms with van der Waals surface area (Å²) in [6, 6.07) is 6.63. The predicted molar refractivity (Wildman–Crippen MR) is 86.8 cm³/mol. The van der Waals surface area contributed by atoms with E-state index in [1.54, 1.807) is 18.2 Å². The minimum Gasteiger partial charge on any atom is -0.364 e. The summed E-state index contributed by atoms with van der Waals surface area (Å²) in [7, 11) is 0. The number of nitro benzene ring substituents is 1. The molecule has 2 unspecified atom stereocenters. The standard InChI is InChI=1S/C15H20BrN3O2/c1-2-17-10-7-11-3-4-12(8-10)18(11)15-9-13(19(20)21)5-6-14(15)16/h5-6,9-12,17H,2-4,7-8H2,1H3. The smallest absolute Gasteiger partial charge is 0.271 e. The van der Waals surface area contributed by atoms with E-state index < -0.39 is 0 Å². The van der Waals surface area contributed by atoms with Crippen LogP contribution in [-0.4, -0.2) is 29.6 Å². The van der Waals surface area contributed by atoms with Gasteiger partial charge in [0.2, 0.25) is 0 Å². The largest absolute Gasteiger partial charge is 0.364 e. The molecule has 5 nitrogen and oxygen atoms in total. The Morgan fingerprint density at radius 1 is 1.38 bits per heavy atom. The highest BCUT2D eigenvalue weighted by Crippen LogP contribution is 2.43. The summed E-state index contributed by atoms with van der Waals surface area (Å²) in [5.41, 5.74) is 1.15. The summed E-state index contributed by atoms with van der Waals surface area (Å²) in [5.74, 6) is 0. The number of rotatable bonds is 4. The van der Waals surface area contributed by atoms with Crippen LogP contribution in [0, 0.1) is 10.1 Å². The normalized spacial score (nSPS) is 27.9. The van der Waals surface area contributed by atoms with Gasteiger partial charge in [0, 0.05) is 34.7 Å². The van der Waals surface area contributed by atoms with Crippen molar-refractivity contribution in [3.05, 3.63) is 32.8 Å². The average Bonchev–Trinajstić information content (AvgIpc) is 2.71. The van der Waals surface area contributed by atoms with Gasteiger partial charge in [0.05, 0.1) is 10.6 Å². The maximum atomic E-state index is 11.0. The third kappa shape index (κ3) is 2.79. The number of fused-ring (bicyclic) bond motifs is 2. The van der Waals surface area contributed by atoms with E-state index in [1.807, 2.05) is 0 Å². The van der Waals surface area contributed by atoms with Gasteiger partial charge in [-0.05, 0) is 54.2 Å². The van der Waals surface area contributed by atoms with E-state index in [4.69, 9.17) is 0 Å². The van der Waals surface area contributed by atoms with E-state index in [9.17, 15) is 10.1 Å². The molecule has 21 heavy (non-hydrogen) atoms. The third-order valence-electron chi connectivity index (χ3n) is 4.64. The average molecular weight is 354 g/mol. The van der Waals surface area contributed by atoms with Crippen LogP contribution in [0.4, 0.5) is 11.4 Å². The summed E-state index contributed by atoms with van der Waals surface area (Å²) in [6.07, 6.45) is 4.61. The summed E-state index contributed by atoms with van der Waals surface area (Å²) >= 11 is 3.56. The lowest BCUT2D eigenvalue weighted by atomic mass is 9.96. The van der Waals surface area contributed by atoms with Gasteiger partial charge in [-0.2, -0.15) is 0 Å². The number of nitrogens with one attached hydrogen (secondary N) is 1. The van der Waals surface area contributed by atoms with E-state index in [0.717, 1.165) is 29.5 Å². The molecule has 1 aromatic carbocycles. The molecule has 6 heteroatoms. The lowest BCUT2D eigenvalue weighted by molar-refractivity contribution is -0.384. The van der Waals surface area contributed by atoms with Crippen molar-refractivity contribution in [1.82, 2.24) is 5.32 Å². The van der Waals surface area contributed by atoms with Crippen molar-refractivity contribution in [3.63, 3.8) is 0 Å².